The molecule has 0 aromatic heterocycles. The summed E-state index contributed by atoms with van der Waals surface area (Å²) in [5.41, 5.74) is 8.38. The lowest BCUT2D eigenvalue weighted by Crippen LogP contribution is -2.33. The molecule has 0 saturated carbocycles. The minimum atomic E-state index is 0. The molecule has 4 heteroatoms. The summed E-state index contributed by atoms with van der Waals surface area (Å²) in [4.78, 5) is 2.40. The van der Waals surface area contributed by atoms with E-state index in [9.17, 15) is 0 Å². The van der Waals surface area contributed by atoms with Gasteiger partial charge in [0.1, 0.15) is 0 Å². The molecule has 17 heavy (non-hydrogen) atoms. The summed E-state index contributed by atoms with van der Waals surface area (Å²) in [6.07, 6.45) is 3.47. The first-order chi connectivity index (χ1) is 7.40. The predicted octanol–water partition coefficient (Wildman–Crippen LogP) is 2.58. The maximum atomic E-state index is 5.54. The quantitative estimate of drug-likeness (QED) is 0.918. The van der Waals surface area contributed by atoms with Crippen molar-refractivity contribution in [3.05, 3.63) is 42.0 Å². The highest BCUT2D eigenvalue weighted by atomic mass is 35.5. The highest BCUT2D eigenvalue weighted by Gasteiger charge is 2.11. The van der Waals surface area contributed by atoms with E-state index in [1.54, 1.807) is 0 Å². The average molecular weight is 275 g/mol. The summed E-state index contributed by atoms with van der Waals surface area (Å²) < 4.78 is 0. The van der Waals surface area contributed by atoms with Gasteiger partial charge in [-0.05, 0) is 17.6 Å². The number of nitrogens with zero attached hydrogens (tertiary/aromatic N) is 1. The van der Waals surface area contributed by atoms with Crippen molar-refractivity contribution in [3.8, 4) is 0 Å². The Morgan fingerprint density at radius 2 is 1.82 bits per heavy atom. The molecule has 0 amide bonds. The van der Waals surface area contributed by atoms with Crippen molar-refractivity contribution in [1.82, 2.24) is 4.90 Å². The molecular weight excluding hydrogens is 255 g/mol. The molecule has 2 nitrogen and oxygen atoms in total. The third-order valence-corrected chi connectivity index (χ3v) is 2.88. The second kappa shape index (κ2) is 8.54. The Kier molecular flexibility index (Phi) is 8.26. The molecule has 0 radical (unpaired) electrons. The number of hydrogen-bond acceptors (Lipinski definition) is 2. The molecule has 2 N–H and O–H groups in total. The molecule has 0 spiro atoms. The fourth-order valence-electron chi connectivity index (χ4n) is 2.01. The summed E-state index contributed by atoms with van der Waals surface area (Å²) in [5, 5.41) is 0. The molecule has 1 heterocycles. The van der Waals surface area contributed by atoms with E-state index in [-0.39, 0.29) is 24.8 Å². The second-order valence-corrected chi connectivity index (χ2v) is 3.93. The number of halogens is 2. The van der Waals surface area contributed by atoms with Crippen LogP contribution >= 0.6 is 24.8 Å². The van der Waals surface area contributed by atoms with Crippen LogP contribution in [0.1, 0.15) is 12.0 Å². The fraction of sp³-hybridized carbons (Fsp3) is 0.385. The lowest BCUT2D eigenvalue weighted by Gasteiger charge is -2.25. The Balaban J connectivity index is 0.00000128. The number of benzene rings is 1. The SMILES string of the molecule is Cl.Cl.NCCN1CC=C(c2ccccc2)CC1. The molecule has 0 fully saturated rings. The lowest BCUT2D eigenvalue weighted by atomic mass is 10.00. The first kappa shape index (κ1) is 16.5. The van der Waals surface area contributed by atoms with Crippen LogP contribution in [0.4, 0.5) is 0 Å². The Bertz CT molecular complexity index is 339. The molecule has 2 rings (SSSR count). The van der Waals surface area contributed by atoms with Crippen molar-refractivity contribution in [2.75, 3.05) is 26.2 Å². The van der Waals surface area contributed by atoms with E-state index >= 15 is 0 Å². The minimum absolute atomic E-state index is 0. The van der Waals surface area contributed by atoms with Gasteiger partial charge in [-0.1, -0.05) is 36.4 Å². The molecular formula is C13H20Cl2N2. The largest absolute Gasteiger partial charge is 0.329 e. The van der Waals surface area contributed by atoms with Crippen LogP contribution in [0.5, 0.6) is 0 Å². The van der Waals surface area contributed by atoms with Gasteiger partial charge >= 0.3 is 0 Å². The second-order valence-electron chi connectivity index (χ2n) is 3.93. The van der Waals surface area contributed by atoms with Gasteiger partial charge in [-0.25, -0.2) is 0 Å². The van der Waals surface area contributed by atoms with Crippen molar-refractivity contribution < 1.29 is 0 Å². The van der Waals surface area contributed by atoms with Gasteiger partial charge < -0.3 is 5.73 Å². The van der Waals surface area contributed by atoms with Crippen LogP contribution in [0.25, 0.3) is 5.57 Å². The maximum absolute atomic E-state index is 5.54. The Hall–Kier alpha value is -0.540. The molecule has 96 valence electrons. The van der Waals surface area contributed by atoms with Crippen LogP contribution in [0.15, 0.2) is 36.4 Å². The Morgan fingerprint density at radius 1 is 1.12 bits per heavy atom. The molecule has 0 atom stereocenters. The standard InChI is InChI=1S/C13H18N2.2ClH/c14-8-11-15-9-6-13(7-10-15)12-4-2-1-3-5-12;;/h1-6H,7-11,14H2;2*1H. The van der Waals surface area contributed by atoms with Crippen molar-refractivity contribution in [3.63, 3.8) is 0 Å². The van der Waals surface area contributed by atoms with Gasteiger partial charge in [-0.3, -0.25) is 4.90 Å². The maximum Gasteiger partial charge on any atom is 0.0169 e. The molecule has 1 aromatic rings. The smallest absolute Gasteiger partial charge is 0.0169 e. The van der Waals surface area contributed by atoms with Crippen molar-refractivity contribution in [1.29, 1.82) is 0 Å². The molecule has 0 unspecified atom stereocenters. The van der Waals surface area contributed by atoms with Crippen molar-refractivity contribution >= 4 is 30.4 Å². The molecule has 0 saturated heterocycles. The van der Waals surface area contributed by atoms with Gasteiger partial charge in [0.2, 0.25) is 0 Å². The summed E-state index contributed by atoms with van der Waals surface area (Å²) >= 11 is 0. The van der Waals surface area contributed by atoms with Gasteiger partial charge in [0.15, 0.2) is 0 Å². The van der Waals surface area contributed by atoms with Gasteiger partial charge in [0.25, 0.3) is 0 Å². The number of rotatable bonds is 3. The van der Waals surface area contributed by atoms with Crippen LogP contribution in [-0.2, 0) is 0 Å². The number of hydrogen-bond donors (Lipinski definition) is 1. The summed E-state index contributed by atoms with van der Waals surface area (Å²) in [6.45, 7) is 3.95. The van der Waals surface area contributed by atoms with E-state index in [4.69, 9.17) is 5.73 Å². The monoisotopic (exact) mass is 274 g/mol. The molecule has 0 aliphatic carbocycles. The molecule has 1 aliphatic rings. The zero-order valence-corrected chi connectivity index (χ0v) is 11.5. The third-order valence-electron chi connectivity index (χ3n) is 2.88. The summed E-state index contributed by atoms with van der Waals surface area (Å²) in [5.74, 6) is 0. The van der Waals surface area contributed by atoms with Crippen LogP contribution in [0.3, 0.4) is 0 Å². The highest BCUT2D eigenvalue weighted by Crippen LogP contribution is 2.21. The zero-order valence-electron chi connectivity index (χ0n) is 9.84. The summed E-state index contributed by atoms with van der Waals surface area (Å²) in [7, 11) is 0. The average Bonchev–Trinajstić information content (AvgIpc) is 2.32. The van der Waals surface area contributed by atoms with Gasteiger partial charge in [-0.2, -0.15) is 0 Å². The number of nitrogens with two attached hydrogens (primary N) is 1. The van der Waals surface area contributed by atoms with E-state index in [0.29, 0.717) is 0 Å². The first-order valence-electron chi connectivity index (χ1n) is 5.57. The van der Waals surface area contributed by atoms with Gasteiger partial charge in [-0.15, -0.1) is 24.8 Å². The van der Waals surface area contributed by atoms with E-state index in [0.717, 1.165) is 32.6 Å². The minimum Gasteiger partial charge on any atom is -0.329 e. The van der Waals surface area contributed by atoms with Crippen molar-refractivity contribution in [2.24, 2.45) is 5.73 Å². The summed E-state index contributed by atoms with van der Waals surface area (Å²) in [6, 6.07) is 10.6. The van der Waals surface area contributed by atoms with Gasteiger partial charge in [0.05, 0.1) is 0 Å². The normalized spacial score (nSPS) is 15.5. The van der Waals surface area contributed by atoms with Crippen LogP contribution in [-0.4, -0.2) is 31.1 Å². The fourth-order valence-corrected chi connectivity index (χ4v) is 2.01. The predicted molar refractivity (Wildman–Crippen MR) is 79.0 cm³/mol. The van der Waals surface area contributed by atoms with E-state index in [1.807, 2.05) is 0 Å². The zero-order chi connectivity index (χ0) is 10.5. The van der Waals surface area contributed by atoms with Crippen LogP contribution in [0.2, 0.25) is 0 Å². The highest BCUT2D eigenvalue weighted by molar-refractivity contribution is 5.85. The van der Waals surface area contributed by atoms with E-state index < -0.39 is 0 Å². The Morgan fingerprint density at radius 3 is 2.35 bits per heavy atom. The Labute approximate surface area is 116 Å². The van der Waals surface area contributed by atoms with E-state index in [2.05, 4.69) is 41.3 Å². The first-order valence-corrected chi connectivity index (χ1v) is 5.57. The molecule has 0 bridgehead atoms. The topological polar surface area (TPSA) is 29.3 Å². The van der Waals surface area contributed by atoms with Gasteiger partial charge in [0, 0.05) is 26.2 Å². The lowest BCUT2D eigenvalue weighted by molar-refractivity contribution is 0.310. The third kappa shape index (κ3) is 4.68. The molecule has 1 aromatic carbocycles. The molecule has 1 aliphatic heterocycles. The van der Waals surface area contributed by atoms with Crippen LogP contribution < -0.4 is 5.73 Å². The van der Waals surface area contributed by atoms with Crippen LogP contribution in [0, 0.1) is 0 Å². The van der Waals surface area contributed by atoms with Crippen molar-refractivity contribution in [2.45, 2.75) is 6.42 Å². The van der Waals surface area contributed by atoms with E-state index in [1.165, 1.54) is 11.1 Å².